The van der Waals surface area contributed by atoms with Gasteiger partial charge in [-0.1, -0.05) is 57.3 Å². The molecule has 0 bridgehead atoms. The summed E-state index contributed by atoms with van der Waals surface area (Å²) in [6, 6.07) is 4.75. The summed E-state index contributed by atoms with van der Waals surface area (Å²) in [5.74, 6) is 0. The Bertz CT molecular complexity index is 90.9. The maximum Gasteiger partial charge on any atom is 0.0502 e. The van der Waals surface area contributed by atoms with Crippen LogP contribution >= 0.6 is 0 Å². The van der Waals surface area contributed by atoms with Crippen molar-refractivity contribution in [1.29, 1.82) is 0 Å². The van der Waals surface area contributed by atoms with Gasteiger partial charge in [0.25, 0.3) is 0 Å². The highest BCUT2D eigenvalue weighted by molar-refractivity contribution is 6.78. The molecule has 0 aliphatic carbocycles. The molecule has 0 aromatic heterocycles. The normalized spacial score (nSPS) is 25.8. The van der Waals surface area contributed by atoms with E-state index < -0.39 is 8.07 Å². The second-order valence-electron chi connectivity index (χ2n) is 4.08. The summed E-state index contributed by atoms with van der Waals surface area (Å²) >= 11 is 0. The first-order valence-corrected chi connectivity index (χ1v) is 7.89. The standard InChI is InChI=1S/C9H20Si/c1-3-10(2)8-6-4-5-7-9-10/h3-9H2,1-2H3. The van der Waals surface area contributed by atoms with Gasteiger partial charge < -0.3 is 0 Å². The predicted octanol–water partition coefficient (Wildman–Crippen LogP) is 3.66. The first-order valence-electron chi connectivity index (χ1n) is 4.77. The zero-order chi connectivity index (χ0) is 7.45. The molecule has 1 heterocycles. The van der Waals surface area contributed by atoms with Crippen molar-refractivity contribution in [3.05, 3.63) is 0 Å². The largest absolute Gasteiger partial charge is 0.0692 e. The third-order valence-corrected chi connectivity index (χ3v) is 7.99. The summed E-state index contributed by atoms with van der Waals surface area (Å²) in [6.07, 6.45) is 6.11. The maximum absolute atomic E-state index is 2.60. The van der Waals surface area contributed by atoms with Crippen LogP contribution in [0.15, 0.2) is 0 Å². The Morgan fingerprint density at radius 3 is 1.90 bits per heavy atom. The van der Waals surface area contributed by atoms with Gasteiger partial charge in [0.1, 0.15) is 0 Å². The van der Waals surface area contributed by atoms with Crippen LogP contribution < -0.4 is 0 Å². The summed E-state index contributed by atoms with van der Waals surface area (Å²) in [5, 5.41) is 0. The molecule has 60 valence electrons. The van der Waals surface area contributed by atoms with Gasteiger partial charge in [-0.05, 0) is 0 Å². The molecule has 0 N–H and O–H groups in total. The van der Waals surface area contributed by atoms with E-state index >= 15 is 0 Å². The van der Waals surface area contributed by atoms with E-state index in [4.69, 9.17) is 0 Å². The molecule has 0 unspecified atom stereocenters. The molecule has 1 aliphatic heterocycles. The van der Waals surface area contributed by atoms with E-state index in [0.717, 1.165) is 0 Å². The van der Waals surface area contributed by atoms with E-state index in [0.29, 0.717) is 0 Å². The molecule has 0 saturated carbocycles. The van der Waals surface area contributed by atoms with E-state index in [2.05, 4.69) is 13.5 Å². The fourth-order valence-corrected chi connectivity index (χ4v) is 5.10. The summed E-state index contributed by atoms with van der Waals surface area (Å²) < 4.78 is 0. The van der Waals surface area contributed by atoms with E-state index in [1.54, 1.807) is 12.1 Å². The number of hydrogen-bond acceptors (Lipinski definition) is 0. The van der Waals surface area contributed by atoms with Gasteiger partial charge in [-0.15, -0.1) is 0 Å². The number of rotatable bonds is 1. The van der Waals surface area contributed by atoms with Crippen molar-refractivity contribution in [2.45, 2.75) is 57.3 Å². The van der Waals surface area contributed by atoms with Crippen molar-refractivity contribution in [3.63, 3.8) is 0 Å². The Morgan fingerprint density at radius 2 is 1.50 bits per heavy atom. The molecule has 0 aromatic carbocycles. The van der Waals surface area contributed by atoms with Gasteiger partial charge in [-0.3, -0.25) is 0 Å². The van der Waals surface area contributed by atoms with Crippen LogP contribution in [0.25, 0.3) is 0 Å². The Balaban J connectivity index is 2.41. The van der Waals surface area contributed by atoms with Crippen LogP contribution in [0.5, 0.6) is 0 Å². The van der Waals surface area contributed by atoms with Gasteiger partial charge >= 0.3 is 0 Å². The minimum atomic E-state index is -0.661. The highest BCUT2D eigenvalue weighted by atomic mass is 28.3. The van der Waals surface area contributed by atoms with Crippen molar-refractivity contribution in [3.8, 4) is 0 Å². The van der Waals surface area contributed by atoms with Crippen molar-refractivity contribution >= 4 is 8.07 Å². The summed E-state index contributed by atoms with van der Waals surface area (Å²) in [4.78, 5) is 0. The van der Waals surface area contributed by atoms with E-state index in [1.807, 2.05) is 0 Å². The van der Waals surface area contributed by atoms with Crippen LogP contribution in [0, 0.1) is 0 Å². The van der Waals surface area contributed by atoms with Crippen molar-refractivity contribution in [2.24, 2.45) is 0 Å². The predicted molar refractivity (Wildman–Crippen MR) is 50.2 cm³/mol. The van der Waals surface area contributed by atoms with Crippen LogP contribution in [-0.2, 0) is 0 Å². The molecular weight excluding hydrogens is 136 g/mol. The lowest BCUT2D eigenvalue weighted by molar-refractivity contribution is 0.720. The molecule has 1 rings (SSSR count). The summed E-state index contributed by atoms with van der Waals surface area (Å²) in [6.45, 7) is 5.00. The summed E-state index contributed by atoms with van der Waals surface area (Å²) in [5.41, 5.74) is 0. The Hall–Kier alpha value is 0.217. The van der Waals surface area contributed by atoms with E-state index in [1.165, 1.54) is 31.7 Å². The first-order chi connectivity index (χ1) is 4.77. The fraction of sp³-hybridized carbons (Fsp3) is 1.00. The Labute approximate surface area is 66.0 Å². The van der Waals surface area contributed by atoms with E-state index in [-0.39, 0.29) is 0 Å². The van der Waals surface area contributed by atoms with Crippen LogP contribution in [0.1, 0.15) is 32.6 Å². The highest BCUT2D eigenvalue weighted by Gasteiger charge is 2.24. The molecule has 0 amide bonds. The minimum absolute atomic E-state index is 0.661. The van der Waals surface area contributed by atoms with Crippen LogP contribution in [0.4, 0.5) is 0 Å². The molecular formula is C9H20Si. The van der Waals surface area contributed by atoms with Crippen molar-refractivity contribution in [2.75, 3.05) is 0 Å². The molecule has 0 radical (unpaired) electrons. The second kappa shape index (κ2) is 3.56. The minimum Gasteiger partial charge on any atom is -0.0692 e. The molecule has 0 atom stereocenters. The first kappa shape index (κ1) is 8.31. The molecule has 10 heavy (non-hydrogen) atoms. The highest BCUT2D eigenvalue weighted by Crippen LogP contribution is 2.29. The van der Waals surface area contributed by atoms with Gasteiger partial charge in [0.05, 0.1) is 8.07 Å². The lowest BCUT2D eigenvalue weighted by Gasteiger charge is -2.23. The van der Waals surface area contributed by atoms with Gasteiger partial charge in [0.2, 0.25) is 0 Å². The SMILES string of the molecule is CC[Si]1(C)CCCCCC1. The van der Waals surface area contributed by atoms with Gasteiger partial charge in [0, 0.05) is 0 Å². The van der Waals surface area contributed by atoms with Crippen LogP contribution in [0.3, 0.4) is 0 Å². The van der Waals surface area contributed by atoms with Gasteiger partial charge in [0.15, 0.2) is 0 Å². The Kier molecular flexibility index (Phi) is 2.96. The topological polar surface area (TPSA) is 0 Å². The second-order valence-corrected chi connectivity index (χ2v) is 9.41. The third-order valence-electron chi connectivity index (χ3n) is 3.16. The van der Waals surface area contributed by atoms with Gasteiger partial charge in [-0.2, -0.15) is 0 Å². The average Bonchev–Trinajstić information content (AvgIpc) is 2.15. The monoisotopic (exact) mass is 156 g/mol. The molecule has 1 saturated heterocycles. The quantitative estimate of drug-likeness (QED) is 0.508. The van der Waals surface area contributed by atoms with Crippen LogP contribution in [0.2, 0.25) is 24.7 Å². The van der Waals surface area contributed by atoms with Crippen LogP contribution in [-0.4, -0.2) is 8.07 Å². The molecule has 1 fully saturated rings. The lowest BCUT2D eigenvalue weighted by Crippen LogP contribution is -2.26. The van der Waals surface area contributed by atoms with E-state index in [9.17, 15) is 0 Å². The van der Waals surface area contributed by atoms with Gasteiger partial charge in [-0.25, -0.2) is 0 Å². The summed E-state index contributed by atoms with van der Waals surface area (Å²) in [7, 11) is -0.661. The zero-order valence-corrected chi connectivity index (χ0v) is 8.45. The maximum atomic E-state index is 2.60. The molecule has 1 aliphatic rings. The average molecular weight is 156 g/mol. The number of hydrogen-bond donors (Lipinski definition) is 0. The molecule has 0 spiro atoms. The zero-order valence-electron chi connectivity index (χ0n) is 7.45. The third kappa shape index (κ3) is 2.12. The molecule has 0 aromatic rings. The van der Waals surface area contributed by atoms with Crippen molar-refractivity contribution in [1.82, 2.24) is 0 Å². The lowest BCUT2D eigenvalue weighted by atomic mass is 10.2. The van der Waals surface area contributed by atoms with Crippen molar-refractivity contribution < 1.29 is 0 Å². The molecule has 0 nitrogen and oxygen atoms in total. The Morgan fingerprint density at radius 1 is 1.00 bits per heavy atom. The fourth-order valence-electron chi connectivity index (χ4n) is 1.94. The smallest absolute Gasteiger partial charge is 0.0502 e. The molecule has 1 heteroatoms.